The molecule has 0 unspecified atom stereocenters. The maximum atomic E-state index is 12.0. The van der Waals surface area contributed by atoms with E-state index in [4.69, 9.17) is 11.5 Å². The monoisotopic (exact) mass is 269 g/mol. The van der Waals surface area contributed by atoms with Crippen LogP contribution in [0.4, 0.5) is 5.69 Å². The minimum atomic E-state index is -0.744. The number of rotatable bonds is 4. The van der Waals surface area contributed by atoms with E-state index in [2.05, 4.69) is 5.32 Å². The molecule has 0 saturated heterocycles. The molecule has 102 valence electrons. The Hall–Kier alpha value is -2.66. The molecule has 5 nitrogen and oxygen atoms in total. The van der Waals surface area contributed by atoms with Crippen LogP contribution in [-0.2, 0) is 4.79 Å². The van der Waals surface area contributed by atoms with E-state index in [-0.39, 0.29) is 5.91 Å². The highest BCUT2D eigenvalue weighted by Crippen LogP contribution is 2.14. The lowest BCUT2D eigenvalue weighted by atomic mass is 10.1. The molecule has 2 aromatic carbocycles. The summed E-state index contributed by atoms with van der Waals surface area (Å²) in [4.78, 5) is 22.9. The zero-order valence-electron chi connectivity index (χ0n) is 10.7. The summed E-state index contributed by atoms with van der Waals surface area (Å²) < 4.78 is 0. The minimum Gasteiger partial charge on any atom is -0.366 e. The van der Waals surface area contributed by atoms with E-state index in [0.717, 1.165) is 5.56 Å². The second-order valence-corrected chi connectivity index (χ2v) is 4.32. The van der Waals surface area contributed by atoms with Gasteiger partial charge in [0.15, 0.2) is 0 Å². The van der Waals surface area contributed by atoms with Crippen LogP contribution in [-0.4, -0.2) is 11.8 Å². The van der Waals surface area contributed by atoms with Crippen molar-refractivity contribution in [2.45, 2.75) is 6.04 Å². The maximum Gasteiger partial charge on any atom is 0.248 e. The molecule has 5 heteroatoms. The number of nitrogens with one attached hydrogen (secondary N) is 1. The van der Waals surface area contributed by atoms with Gasteiger partial charge in [0, 0.05) is 11.3 Å². The Morgan fingerprint density at radius 2 is 1.55 bits per heavy atom. The van der Waals surface area contributed by atoms with Crippen LogP contribution < -0.4 is 16.8 Å². The first-order valence-corrected chi connectivity index (χ1v) is 6.09. The summed E-state index contributed by atoms with van der Waals surface area (Å²) in [5.41, 5.74) is 12.7. The SMILES string of the molecule is NC(=O)c1ccc(NC(=O)[C@H](N)c2ccccc2)cc1. The molecule has 1 atom stereocenters. The molecule has 0 aliphatic heterocycles. The minimum absolute atomic E-state index is 0.317. The lowest BCUT2D eigenvalue weighted by Crippen LogP contribution is -2.27. The predicted molar refractivity (Wildman–Crippen MR) is 77.0 cm³/mol. The standard InChI is InChI=1S/C15H15N3O2/c16-13(10-4-2-1-3-5-10)15(20)18-12-8-6-11(7-9-12)14(17)19/h1-9,13H,16H2,(H2,17,19)(H,18,20)/t13-/m1/s1. The molecule has 0 aromatic heterocycles. The molecule has 5 N–H and O–H groups in total. The molecule has 0 spiro atoms. The summed E-state index contributed by atoms with van der Waals surface area (Å²) in [5.74, 6) is -0.827. The predicted octanol–water partition coefficient (Wildman–Crippen LogP) is 1.42. The normalized spacial score (nSPS) is 11.7. The van der Waals surface area contributed by atoms with E-state index < -0.39 is 11.9 Å². The van der Waals surface area contributed by atoms with Crippen LogP contribution in [0.1, 0.15) is 22.0 Å². The fraction of sp³-hybridized carbons (Fsp3) is 0.0667. The summed E-state index contributed by atoms with van der Waals surface area (Å²) in [6.45, 7) is 0. The molecule has 0 aliphatic carbocycles. The zero-order valence-corrected chi connectivity index (χ0v) is 10.7. The first-order chi connectivity index (χ1) is 9.58. The van der Waals surface area contributed by atoms with Gasteiger partial charge in [-0.25, -0.2) is 0 Å². The van der Waals surface area contributed by atoms with Gasteiger partial charge in [-0.05, 0) is 29.8 Å². The highest BCUT2D eigenvalue weighted by Gasteiger charge is 2.15. The smallest absolute Gasteiger partial charge is 0.248 e. The van der Waals surface area contributed by atoms with Crippen LogP contribution in [0.25, 0.3) is 0 Å². The van der Waals surface area contributed by atoms with Crippen molar-refractivity contribution in [3.8, 4) is 0 Å². The number of carbonyl (C=O) groups excluding carboxylic acids is 2. The Morgan fingerprint density at radius 1 is 0.950 bits per heavy atom. The lowest BCUT2D eigenvalue weighted by molar-refractivity contribution is -0.117. The van der Waals surface area contributed by atoms with Crippen LogP contribution >= 0.6 is 0 Å². The van der Waals surface area contributed by atoms with Crippen LogP contribution in [0.15, 0.2) is 54.6 Å². The van der Waals surface area contributed by atoms with Crippen molar-refractivity contribution in [3.63, 3.8) is 0 Å². The first-order valence-electron chi connectivity index (χ1n) is 6.09. The fourth-order valence-corrected chi connectivity index (χ4v) is 1.75. The molecule has 0 fully saturated rings. The van der Waals surface area contributed by atoms with Crippen molar-refractivity contribution in [1.29, 1.82) is 0 Å². The van der Waals surface area contributed by atoms with Crippen molar-refractivity contribution in [2.24, 2.45) is 11.5 Å². The number of carbonyl (C=O) groups is 2. The molecule has 0 bridgehead atoms. The van der Waals surface area contributed by atoms with Crippen LogP contribution in [0, 0.1) is 0 Å². The van der Waals surface area contributed by atoms with E-state index in [0.29, 0.717) is 11.3 Å². The molecule has 2 rings (SSSR count). The quantitative estimate of drug-likeness (QED) is 0.782. The summed E-state index contributed by atoms with van der Waals surface area (Å²) in [6, 6.07) is 14.7. The number of anilines is 1. The molecular formula is C15H15N3O2. The molecule has 0 radical (unpaired) electrons. The van der Waals surface area contributed by atoms with Crippen LogP contribution in [0.3, 0.4) is 0 Å². The van der Waals surface area contributed by atoms with Gasteiger partial charge in [0.25, 0.3) is 0 Å². The van der Waals surface area contributed by atoms with Gasteiger partial charge in [-0.3, -0.25) is 9.59 Å². The maximum absolute atomic E-state index is 12.0. The zero-order chi connectivity index (χ0) is 14.5. The van der Waals surface area contributed by atoms with Crippen LogP contribution in [0.5, 0.6) is 0 Å². The highest BCUT2D eigenvalue weighted by molar-refractivity contribution is 5.96. The lowest BCUT2D eigenvalue weighted by Gasteiger charge is -2.12. The third-order valence-corrected chi connectivity index (χ3v) is 2.88. The Bertz CT molecular complexity index is 609. The van der Waals surface area contributed by atoms with Crippen LogP contribution in [0.2, 0.25) is 0 Å². The molecule has 0 heterocycles. The largest absolute Gasteiger partial charge is 0.366 e. The van der Waals surface area contributed by atoms with E-state index in [1.54, 1.807) is 36.4 Å². The van der Waals surface area contributed by atoms with E-state index in [1.807, 2.05) is 18.2 Å². The van der Waals surface area contributed by atoms with Crippen molar-refractivity contribution in [3.05, 3.63) is 65.7 Å². The third kappa shape index (κ3) is 3.21. The average molecular weight is 269 g/mol. The third-order valence-electron chi connectivity index (χ3n) is 2.88. The molecule has 0 aliphatic rings. The fourth-order valence-electron chi connectivity index (χ4n) is 1.75. The van der Waals surface area contributed by atoms with Crippen molar-refractivity contribution < 1.29 is 9.59 Å². The van der Waals surface area contributed by atoms with E-state index >= 15 is 0 Å². The summed E-state index contributed by atoms with van der Waals surface area (Å²) >= 11 is 0. The molecule has 2 aromatic rings. The van der Waals surface area contributed by atoms with E-state index in [9.17, 15) is 9.59 Å². The van der Waals surface area contributed by atoms with Gasteiger partial charge < -0.3 is 16.8 Å². The highest BCUT2D eigenvalue weighted by atomic mass is 16.2. The van der Waals surface area contributed by atoms with Crippen molar-refractivity contribution >= 4 is 17.5 Å². The summed E-state index contributed by atoms with van der Waals surface area (Å²) in [5, 5.41) is 2.69. The van der Waals surface area contributed by atoms with Gasteiger partial charge in [0.1, 0.15) is 6.04 Å². The van der Waals surface area contributed by atoms with Crippen molar-refractivity contribution in [1.82, 2.24) is 0 Å². The Labute approximate surface area is 116 Å². The Morgan fingerprint density at radius 3 is 2.10 bits per heavy atom. The topological polar surface area (TPSA) is 98.2 Å². The molecule has 0 saturated carbocycles. The molecule has 2 amide bonds. The number of nitrogens with two attached hydrogens (primary N) is 2. The number of hydrogen-bond acceptors (Lipinski definition) is 3. The van der Waals surface area contributed by atoms with Gasteiger partial charge in [0.2, 0.25) is 11.8 Å². The van der Waals surface area contributed by atoms with Gasteiger partial charge in [-0.15, -0.1) is 0 Å². The molecule has 20 heavy (non-hydrogen) atoms. The number of primary amides is 1. The second kappa shape index (κ2) is 5.99. The number of hydrogen-bond donors (Lipinski definition) is 3. The Kier molecular flexibility index (Phi) is 4.12. The molecular weight excluding hydrogens is 254 g/mol. The number of amides is 2. The van der Waals surface area contributed by atoms with E-state index in [1.165, 1.54) is 0 Å². The van der Waals surface area contributed by atoms with Gasteiger partial charge >= 0.3 is 0 Å². The van der Waals surface area contributed by atoms with Gasteiger partial charge in [-0.2, -0.15) is 0 Å². The van der Waals surface area contributed by atoms with Crippen molar-refractivity contribution in [2.75, 3.05) is 5.32 Å². The second-order valence-electron chi connectivity index (χ2n) is 4.32. The summed E-state index contributed by atoms with van der Waals surface area (Å²) in [7, 11) is 0. The number of benzene rings is 2. The van der Waals surface area contributed by atoms with Gasteiger partial charge in [-0.1, -0.05) is 30.3 Å². The first kappa shape index (κ1) is 13.8. The Balaban J connectivity index is 2.06. The average Bonchev–Trinajstić information content (AvgIpc) is 2.48. The van der Waals surface area contributed by atoms with Gasteiger partial charge in [0.05, 0.1) is 0 Å². The summed E-state index contributed by atoms with van der Waals surface area (Å²) in [6.07, 6.45) is 0.